The second-order valence-corrected chi connectivity index (χ2v) is 7.96. The van der Waals surface area contributed by atoms with Gasteiger partial charge in [-0.2, -0.15) is 10.2 Å². The topological polar surface area (TPSA) is 97.6 Å². The van der Waals surface area contributed by atoms with Gasteiger partial charge < -0.3 is 9.88 Å². The molecule has 0 aliphatic rings. The average molecular weight is 438 g/mol. The molecular weight excluding hydrogens is 416 g/mol. The molecule has 0 radical (unpaired) electrons. The van der Waals surface area contributed by atoms with Gasteiger partial charge in [0.05, 0.1) is 12.2 Å². The Kier molecular flexibility index (Phi) is 5.10. The fourth-order valence-electron chi connectivity index (χ4n) is 3.91. The summed E-state index contributed by atoms with van der Waals surface area (Å²) in [6, 6.07) is 16.7. The van der Waals surface area contributed by atoms with Gasteiger partial charge in [0.15, 0.2) is 5.82 Å². The number of pyridine rings is 1. The van der Waals surface area contributed by atoms with Crippen LogP contribution in [-0.2, 0) is 13.6 Å². The fraction of sp³-hybridized carbons (Fsp3) is 0.120. The summed E-state index contributed by atoms with van der Waals surface area (Å²) in [5.41, 5.74) is 4.23. The van der Waals surface area contributed by atoms with Crippen LogP contribution in [0.4, 0.5) is 5.82 Å². The molecule has 1 amide bonds. The molecule has 0 saturated heterocycles. The van der Waals surface area contributed by atoms with E-state index < -0.39 is 0 Å². The van der Waals surface area contributed by atoms with Crippen LogP contribution < -0.4 is 10.9 Å². The highest BCUT2D eigenvalue weighted by molar-refractivity contribution is 6.03. The van der Waals surface area contributed by atoms with E-state index in [1.54, 1.807) is 46.9 Å². The van der Waals surface area contributed by atoms with Crippen LogP contribution in [0, 0.1) is 6.92 Å². The summed E-state index contributed by atoms with van der Waals surface area (Å²) in [7, 11) is 1.79. The van der Waals surface area contributed by atoms with Crippen LogP contribution in [0.3, 0.4) is 0 Å². The van der Waals surface area contributed by atoms with Crippen molar-refractivity contribution in [3.63, 3.8) is 0 Å². The highest BCUT2D eigenvalue weighted by atomic mass is 16.1. The summed E-state index contributed by atoms with van der Waals surface area (Å²) in [6.45, 7) is 2.31. The van der Waals surface area contributed by atoms with E-state index in [1.807, 2.05) is 49.5 Å². The Labute approximate surface area is 189 Å². The highest BCUT2D eigenvalue weighted by Gasteiger charge is 2.11. The van der Waals surface area contributed by atoms with E-state index in [-0.39, 0.29) is 11.5 Å². The van der Waals surface area contributed by atoms with Gasteiger partial charge in [0.2, 0.25) is 0 Å². The summed E-state index contributed by atoms with van der Waals surface area (Å²) in [5, 5.41) is 15.5. The molecule has 8 heteroatoms. The number of benzene rings is 2. The Bertz CT molecular complexity index is 1540. The fourth-order valence-corrected chi connectivity index (χ4v) is 3.91. The minimum Gasteiger partial charge on any atom is -0.311 e. The summed E-state index contributed by atoms with van der Waals surface area (Å²) in [4.78, 5) is 25.7. The lowest BCUT2D eigenvalue weighted by atomic mass is 10.0. The lowest BCUT2D eigenvalue weighted by Crippen LogP contribution is -2.20. The van der Waals surface area contributed by atoms with Gasteiger partial charge in [-0.3, -0.25) is 19.4 Å². The molecule has 0 fully saturated rings. The Morgan fingerprint density at radius 2 is 1.97 bits per heavy atom. The van der Waals surface area contributed by atoms with Crippen LogP contribution in [0.2, 0.25) is 0 Å². The zero-order valence-corrected chi connectivity index (χ0v) is 18.2. The summed E-state index contributed by atoms with van der Waals surface area (Å²) >= 11 is 0. The molecule has 164 valence electrons. The molecule has 33 heavy (non-hydrogen) atoms. The Morgan fingerprint density at radius 3 is 2.73 bits per heavy atom. The van der Waals surface area contributed by atoms with E-state index in [0.29, 0.717) is 23.3 Å². The number of fused-ring (bicyclic) bond motifs is 1. The second kappa shape index (κ2) is 8.23. The molecule has 0 aliphatic heterocycles. The Hall–Kier alpha value is -4.46. The zero-order valence-electron chi connectivity index (χ0n) is 18.2. The second-order valence-electron chi connectivity index (χ2n) is 7.96. The van der Waals surface area contributed by atoms with Crippen molar-refractivity contribution in [2.75, 3.05) is 5.32 Å². The number of carbonyl (C=O) groups excluding carboxylic acids is 1. The van der Waals surface area contributed by atoms with E-state index in [0.717, 1.165) is 27.8 Å². The molecule has 0 saturated carbocycles. The molecular formula is C25H22N6O2. The van der Waals surface area contributed by atoms with Crippen LogP contribution in [0.5, 0.6) is 0 Å². The molecule has 5 aromatic rings. The molecule has 2 aromatic carbocycles. The Morgan fingerprint density at radius 1 is 1.09 bits per heavy atom. The third kappa shape index (κ3) is 4.06. The number of anilines is 1. The van der Waals surface area contributed by atoms with Crippen LogP contribution >= 0.6 is 0 Å². The van der Waals surface area contributed by atoms with Gasteiger partial charge >= 0.3 is 0 Å². The average Bonchev–Trinajstić information content (AvgIpc) is 3.43. The van der Waals surface area contributed by atoms with Crippen molar-refractivity contribution >= 4 is 22.5 Å². The monoisotopic (exact) mass is 438 g/mol. The molecule has 0 bridgehead atoms. The van der Waals surface area contributed by atoms with Gasteiger partial charge in [-0.1, -0.05) is 18.2 Å². The largest absolute Gasteiger partial charge is 0.311 e. The van der Waals surface area contributed by atoms with Crippen molar-refractivity contribution in [2.24, 2.45) is 7.05 Å². The van der Waals surface area contributed by atoms with Crippen LogP contribution in [0.25, 0.3) is 21.9 Å². The molecule has 2 N–H and O–H groups in total. The first-order valence-electron chi connectivity index (χ1n) is 10.5. The number of H-pyrrole nitrogens is 1. The van der Waals surface area contributed by atoms with Crippen molar-refractivity contribution < 1.29 is 4.79 Å². The molecule has 0 spiro atoms. The van der Waals surface area contributed by atoms with Gasteiger partial charge in [0.25, 0.3) is 11.5 Å². The predicted molar refractivity (Wildman–Crippen MR) is 127 cm³/mol. The first-order valence-corrected chi connectivity index (χ1v) is 10.5. The number of rotatable bonds is 5. The van der Waals surface area contributed by atoms with E-state index in [4.69, 9.17) is 0 Å². The number of hydrogen-bond acceptors (Lipinski definition) is 4. The van der Waals surface area contributed by atoms with Crippen LogP contribution in [0.15, 0.2) is 78.0 Å². The van der Waals surface area contributed by atoms with Gasteiger partial charge in [0, 0.05) is 48.2 Å². The van der Waals surface area contributed by atoms with Gasteiger partial charge in [-0.25, -0.2) is 0 Å². The quantitative estimate of drug-likeness (QED) is 0.437. The zero-order chi connectivity index (χ0) is 22.9. The van der Waals surface area contributed by atoms with E-state index in [9.17, 15) is 9.59 Å². The third-order valence-electron chi connectivity index (χ3n) is 5.62. The van der Waals surface area contributed by atoms with Crippen molar-refractivity contribution in [3.8, 4) is 11.1 Å². The number of aryl methyl sites for hydroxylation is 2. The summed E-state index contributed by atoms with van der Waals surface area (Å²) in [5.74, 6) is 0.243. The minimum absolute atomic E-state index is 0.0775. The van der Waals surface area contributed by atoms with Crippen LogP contribution in [0.1, 0.15) is 21.6 Å². The molecule has 0 aliphatic carbocycles. The maximum Gasteiger partial charge on any atom is 0.258 e. The van der Waals surface area contributed by atoms with Crippen molar-refractivity contribution in [2.45, 2.75) is 13.5 Å². The molecule has 3 heterocycles. The lowest BCUT2D eigenvalue weighted by molar-refractivity contribution is 0.102. The standard InChI is InChI=1S/C25H22N6O2/c1-16-22(14-26-28-16)18-6-7-21-19(13-18)8-11-31(25(21)33)15-17-4-3-5-20(12-17)24(32)27-23-9-10-30(2)29-23/h3-14H,15H2,1-2H3,(H,26,28)(H,27,29,32). The lowest BCUT2D eigenvalue weighted by Gasteiger charge is -2.10. The van der Waals surface area contributed by atoms with Crippen molar-refractivity contribution in [1.29, 1.82) is 0 Å². The number of carbonyl (C=O) groups is 1. The maximum absolute atomic E-state index is 13.1. The molecule has 0 unspecified atom stereocenters. The number of nitrogens with zero attached hydrogens (tertiary/aromatic N) is 4. The predicted octanol–water partition coefficient (Wildman–Crippen LogP) is 3.73. The highest BCUT2D eigenvalue weighted by Crippen LogP contribution is 2.24. The van der Waals surface area contributed by atoms with Crippen molar-refractivity contribution in [1.82, 2.24) is 24.5 Å². The van der Waals surface area contributed by atoms with Crippen LogP contribution in [-0.4, -0.2) is 30.5 Å². The number of aromatic nitrogens is 5. The van der Waals surface area contributed by atoms with E-state index in [2.05, 4.69) is 20.6 Å². The normalized spacial score (nSPS) is 11.1. The van der Waals surface area contributed by atoms with Gasteiger partial charge in [0.1, 0.15) is 0 Å². The Balaban J connectivity index is 1.40. The SMILES string of the molecule is Cc1n[nH]cc1-c1ccc2c(=O)n(Cc3cccc(C(=O)Nc4ccn(C)n4)c3)ccc2c1. The maximum atomic E-state index is 13.1. The van der Waals surface area contributed by atoms with Gasteiger partial charge in [-0.05, 0) is 53.8 Å². The third-order valence-corrected chi connectivity index (χ3v) is 5.62. The summed E-state index contributed by atoms with van der Waals surface area (Å²) in [6.07, 6.45) is 5.41. The van der Waals surface area contributed by atoms with Crippen molar-refractivity contribution in [3.05, 3.63) is 100 Å². The molecule has 0 atom stereocenters. The first-order chi connectivity index (χ1) is 16.0. The number of amides is 1. The molecule has 3 aromatic heterocycles. The van der Waals surface area contributed by atoms with Gasteiger partial charge in [-0.15, -0.1) is 0 Å². The molecule has 5 rings (SSSR count). The van der Waals surface area contributed by atoms with E-state index in [1.165, 1.54) is 0 Å². The number of hydrogen-bond donors (Lipinski definition) is 2. The smallest absolute Gasteiger partial charge is 0.258 e. The minimum atomic E-state index is -0.247. The number of nitrogens with one attached hydrogen (secondary N) is 2. The van der Waals surface area contributed by atoms with E-state index >= 15 is 0 Å². The first kappa shape index (κ1) is 20.4. The number of aromatic amines is 1. The summed E-state index contributed by atoms with van der Waals surface area (Å²) < 4.78 is 3.28. The molecule has 8 nitrogen and oxygen atoms in total.